The van der Waals surface area contributed by atoms with E-state index in [0.717, 1.165) is 0 Å². The van der Waals surface area contributed by atoms with Crippen molar-refractivity contribution in [1.82, 2.24) is 4.72 Å². The van der Waals surface area contributed by atoms with Crippen molar-refractivity contribution in [2.75, 3.05) is 5.88 Å². The zero-order chi connectivity index (χ0) is 4.83. The van der Waals surface area contributed by atoms with Gasteiger partial charge < -0.3 is 10.5 Å². The van der Waals surface area contributed by atoms with Gasteiger partial charge in [0.2, 0.25) is 0 Å². The van der Waals surface area contributed by atoms with E-state index in [4.69, 9.17) is 5.73 Å². The molecular formula is C3H8N2S. The van der Waals surface area contributed by atoms with Crippen LogP contribution in [-0.2, 0) is 0 Å². The van der Waals surface area contributed by atoms with E-state index in [9.17, 15) is 0 Å². The molecule has 36 valence electrons. The molecule has 3 heteroatoms. The fourth-order valence-corrected chi connectivity index (χ4v) is 0.321. The second-order valence-corrected chi connectivity index (χ2v) is 1.49. The second-order valence-electron chi connectivity index (χ2n) is 0.633. The van der Waals surface area contributed by atoms with Crippen LogP contribution in [0.5, 0.6) is 0 Å². The van der Waals surface area contributed by atoms with Gasteiger partial charge in [-0.25, -0.2) is 0 Å². The van der Waals surface area contributed by atoms with Crippen LogP contribution >= 0.6 is 11.9 Å². The Morgan fingerprint density at radius 3 is 2.83 bits per heavy atom. The van der Waals surface area contributed by atoms with Crippen molar-refractivity contribution in [1.29, 1.82) is 0 Å². The van der Waals surface area contributed by atoms with E-state index in [1.807, 2.05) is 0 Å². The number of hydrogen-bond acceptors (Lipinski definition) is 3. The predicted molar refractivity (Wildman–Crippen MR) is 30.0 cm³/mol. The summed E-state index contributed by atoms with van der Waals surface area (Å²) in [5, 5.41) is 0. The van der Waals surface area contributed by atoms with E-state index < -0.39 is 0 Å². The summed E-state index contributed by atoms with van der Waals surface area (Å²) < 4.78 is 2.75. The molecule has 6 heavy (non-hydrogen) atoms. The molecule has 0 amide bonds. The van der Waals surface area contributed by atoms with Gasteiger partial charge in [-0.1, -0.05) is 6.58 Å². The van der Waals surface area contributed by atoms with Crippen LogP contribution in [0.4, 0.5) is 0 Å². The highest BCUT2D eigenvalue weighted by atomic mass is 32.2. The second kappa shape index (κ2) is 4.85. The lowest BCUT2D eigenvalue weighted by molar-refractivity contribution is 1.34. The first-order chi connectivity index (χ1) is 2.91. The molecule has 0 spiro atoms. The zero-order valence-electron chi connectivity index (χ0n) is 3.48. The van der Waals surface area contributed by atoms with Crippen LogP contribution in [0.2, 0.25) is 0 Å². The van der Waals surface area contributed by atoms with Crippen LogP contribution in [0.25, 0.3) is 0 Å². The summed E-state index contributed by atoms with van der Waals surface area (Å²) in [5.74, 6) is 0.589. The molecule has 0 heterocycles. The van der Waals surface area contributed by atoms with Crippen molar-refractivity contribution >= 4 is 11.9 Å². The van der Waals surface area contributed by atoms with Gasteiger partial charge in [-0.15, -0.1) is 0 Å². The minimum absolute atomic E-state index is 0.589. The fourth-order valence-electron chi connectivity index (χ4n) is 0.107. The third-order valence-corrected chi connectivity index (χ3v) is 0.750. The molecule has 0 fully saturated rings. The highest BCUT2D eigenvalue weighted by Gasteiger charge is 1.66. The van der Waals surface area contributed by atoms with Crippen molar-refractivity contribution in [3.8, 4) is 0 Å². The average molecular weight is 104 g/mol. The standard InChI is InChI=1S/C3H8N2S/c1-2-5-6-3-4/h2,5H,1,3-4H2. The van der Waals surface area contributed by atoms with E-state index in [0.29, 0.717) is 5.88 Å². The summed E-state index contributed by atoms with van der Waals surface area (Å²) >= 11 is 1.42. The Morgan fingerprint density at radius 2 is 2.67 bits per heavy atom. The molecule has 0 aromatic rings. The maximum absolute atomic E-state index is 5.07. The quantitative estimate of drug-likeness (QED) is 0.307. The van der Waals surface area contributed by atoms with Gasteiger partial charge in [0.05, 0.1) is 5.88 Å². The first kappa shape index (κ1) is 5.85. The normalized spacial score (nSPS) is 7.50. The summed E-state index contributed by atoms with van der Waals surface area (Å²) in [4.78, 5) is 0. The van der Waals surface area contributed by atoms with E-state index >= 15 is 0 Å². The Bertz CT molecular complexity index is 37.8. The van der Waals surface area contributed by atoms with Crippen LogP contribution in [0.1, 0.15) is 0 Å². The van der Waals surface area contributed by atoms with E-state index in [-0.39, 0.29) is 0 Å². The van der Waals surface area contributed by atoms with Crippen molar-refractivity contribution in [2.45, 2.75) is 0 Å². The van der Waals surface area contributed by atoms with Gasteiger partial charge in [-0.2, -0.15) is 0 Å². The van der Waals surface area contributed by atoms with Gasteiger partial charge in [-0.05, 0) is 11.9 Å². The molecular weight excluding hydrogens is 96.1 g/mol. The number of nitrogens with two attached hydrogens (primary N) is 1. The van der Waals surface area contributed by atoms with Gasteiger partial charge in [0.1, 0.15) is 0 Å². The van der Waals surface area contributed by atoms with Crippen LogP contribution in [0.3, 0.4) is 0 Å². The lowest BCUT2D eigenvalue weighted by Gasteiger charge is -1.88. The summed E-state index contributed by atoms with van der Waals surface area (Å²) in [6.45, 7) is 3.41. The molecule has 0 unspecified atom stereocenters. The number of rotatable bonds is 3. The van der Waals surface area contributed by atoms with Crippen molar-refractivity contribution in [2.24, 2.45) is 5.73 Å². The van der Waals surface area contributed by atoms with Gasteiger partial charge in [-0.3, -0.25) is 0 Å². The molecule has 3 N–H and O–H groups in total. The third-order valence-electron chi connectivity index (χ3n) is 0.250. The summed E-state index contributed by atoms with van der Waals surface area (Å²) in [7, 11) is 0. The first-order valence-electron chi connectivity index (χ1n) is 1.60. The Morgan fingerprint density at radius 1 is 2.00 bits per heavy atom. The molecule has 2 nitrogen and oxygen atoms in total. The van der Waals surface area contributed by atoms with Crippen molar-refractivity contribution in [3.05, 3.63) is 12.8 Å². The number of nitrogens with one attached hydrogen (secondary N) is 1. The molecule has 0 aliphatic rings. The molecule has 0 rings (SSSR count). The number of hydrogen-bond donors (Lipinski definition) is 2. The Balaban J connectivity index is 2.49. The summed E-state index contributed by atoms with van der Waals surface area (Å²) in [5.41, 5.74) is 5.07. The Hall–Kier alpha value is -0.150. The van der Waals surface area contributed by atoms with Gasteiger partial charge in [0, 0.05) is 6.20 Å². The van der Waals surface area contributed by atoms with Crippen LogP contribution < -0.4 is 10.5 Å². The molecule has 0 saturated heterocycles. The van der Waals surface area contributed by atoms with E-state index in [1.54, 1.807) is 6.20 Å². The van der Waals surface area contributed by atoms with Gasteiger partial charge in [0.15, 0.2) is 0 Å². The van der Waals surface area contributed by atoms with Crippen molar-refractivity contribution < 1.29 is 0 Å². The predicted octanol–water partition coefficient (Wildman–Crippen LogP) is 0.284. The molecule has 0 aromatic carbocycles. The summed E-state index contributed by atoms with van der Waals surface area (Å²) in [6, 6.07) is 0. The molecule has 0 radical (unpaired) electrons. The Kier molecular flexibility index (Phi) is 4.73. The topological polar surface area (TPSA) is 38.0 Å². The zero-order valence-corrected chi connectivity index (χ0v) is 4.29. The monoisotopic (exact) mass is 104 g/mol. The summed E-state index contributed by atoms with van der Waals surface area (Å²) in [6.07, 6.45) is 1.59. The molecule has 0 aromatic heterocycles. The lowest BCUT2D eigenvalue weighted by Crippen LogP contribution is -1.99. The van der Waals surface area contributed by atoms with Crippen LogP contribution in [0, 0.1) is 0 Å². The van der Waals surface area contributed by atoms with Crippen LogP contribution in [0.15, 0.2) is 12.8 Å². The third kappa shape index (κ3) is 3.85. The molecule has 0 aliphatic carbocycles. The first-order valence-corrected chi connectivity index (χ1v) is 2.58. The van der Waals surface area contributed by atoms with Crippen molar-refractivity contribution in [3.63, 3.8) is 0 Å². The highest BCUT2D eigenvalue weighted by molar-refractivity contribution is 7.97. The average Bonchev–Trinajstić information content (AvgIpc) is 1.61. The molecule has 0 saturated carbocycles. The smallest absolute Gasteiger partial charge is 0.0594 e. The lowest BCUT2D eigenvalue weighted by atomic mass is 11.1. The SMILES string of the molecule is C=CNSCN. The van der Waals surface area contributed by atoms with Gasteiger partial charge >= 0.3 is 0 Å². The van der Waals surface area contributed by atoms with E-state index in [1.165, 1.54) is 11.9 Å². The molecule has 0 aliphatic heterocycles. The fraction of sp³-hybridized carbons (Fsp3) is 0.333. The van der Waals surface area contributed by atoms with Crippen LogP contribution in [-0.4, -0.2) is 5.88 Å². The highest BCUT2D eigenvalue weighted by Crippen LogP contribution is 1.81. The van der Waals surface area contributed by atoms with E-state index in [2.05, 4.69) is 11.3 Å². The minimum Gasteiger partial charge on any atom is -0.336 e. The largest absolute Gasteiger partial charge is 0.336 e. The van der Waals surface area contributed by atoms with Gasteiger partial charge in [0.25, 0.3) is 0 Å². The maximum Gasteiger partial charge on any atom is 0.0594 e. The maximum atomic E-state index is 5.07. The molecule has 0 atom stereocenters. The minimum atomic E-state index is 0.589. The molecule has 0 bridgehead atoms. The Labute approximate surface area is 41.9 Å².